The van der Waals surface area contributed by atoms with Crippen LogP contribution in [0.1, 0.15) is 5.56 Å². The molecule has 0 amide bonds. The molecule has 0 atom stereocenters. The van der Waals surface area contributed by atoms with E-state index in [2.05, 4.69) is 17.4 Å². The number of non-ortho nitro benzene ring substituents is 1. The number of nitro benzene ring substituents is 1. The van der Waals surface area contributed by atoms with Gasteiger partial charge in [-0.25, -0.2) is 5.01 Å². The van der Waals surface area contributed by atoms with Gasteiger partial charge in [0.05, 0.1) is 16.2 Å². The van der Waals surface area contributed by atoms with Gasteiger partial charge in [-0.05, 0) is 13.1 Å². The van der Waals surface area contributed by atoms with Crippen LogP contribution in [0.25, 0.3) is 0 Å². The van der Waals surface area contributed by atoms with Crippen LogP contribution < -0.4 is 5.43 Å². The fraction of sp³-hybridized carbons (Fsp3) is 0.417. The highest BCUT2D eigenvalue weighted by molar-refractivity contribution is 5.60. The minimum atomic E-state index is -0.500. The van der Waals surface area contributed by atoms with Crippen molar-refractivity contribution < 1.29 is 4.92 Å². The Balaban J connectivity index is 2.12. The maximum absolute atomic E-state index is 10.7. The molecular weight excluding hydrogens is 246 g/mol. The molecule has 1 N–H and O–H groups in total. The topological polar surface area (TPSA) is 85.4 Å². The van der Waals surface area contributed by atoms with Crippen LogP contribution >= 0.6 is 0 Å². The lowest BCUT2D eigenvalue weighted by Crippen LogP contribution is -2.47. The molecule has 1 aliphatic rings. The minimum absolute atomic E-state index is 0.0690. The summed E-state index contributed by atoms with van der Waals surface area (Å²) < 4.78 is 0. The van der Waals surface area contributed by atoms with Crippen molar-refractivity contribution in [1.82, 2.24) is 9.91 Å². The molecule has 1 aliphatic heterocycles. The van der Waals surface area contributed by atoms with Crippen molar-refractivity contribution in [2.24, 2.45) is 0 Å². The van der Waals surface area contributed by atoms with Gasteiger partial charge < -0.3 is 10.3 Å². The summed E-state index contributed by atoms with van der Waals surface area (Å²) in [7, 11) is 2.06. The first kappa shape index (κ1) is 13.3. The zero-order valence-corrected chi connectivity index (χ0v) is 10.7. The van der Waals surface area contributed by atoms with E-state index in [4.69, 9.17) is 5.26 Å². The smallest absolute Gasteiger partial charge is 0.270 e. The van der Waals surface area contributed by atoms with E-state index in [9.17, 15) is 10.1 Å². The molecular formula is C12H15N5O2. The molecule has 0 saturated carbocycles. The van der Waals surface area contributed by atoms with E-state index >= 15 is 0 Å². The number of nitrogens with one attached hydrogen (secondary N) is 1. The van der Waals surface area contributed by atoms with Crippen LogP contribution in [0.5, 0.6) is 0 Å². The minimum Gasteiger partial charge on any atom is -0.317 e. The number of rotatable bonds is 3. The SMILES string of the molecule is CN1CCN(Nc2ccc([N+](=O)[O-])cc2C#N)CC1. The van der Waals surface area contributed by atoms with E-state index in [0.29, 0.717) is 5.69 Å². The van der Waals surface area contributed by atoms with Gasteiger partial charge in [0.25, 0.3) is 5.69 Å². The van der Waals surface area contributed by atoms with E-state index in [0.717, 1.165) is 26.2 Å². The van der Waals surface area contributed by atoms with Gasteiger partial charge in [-0.3, -0.25) is 10.1 Å². The van der Waals surface area contributed by atoms with Crippen molar-refractivity contribution in [3.63, 3.8) is 0 Å². The molecule has 1 aromatic rings. The Bertz CT molecular complexity index is 517. The fourth-order valence-corrected chi connectivity index (χ4v) is 1.92. The van der Waals surface area contributed by atoms with E-state index in [1.54, 1.807) is 6.07 Å². The average Bonchev–Trinajstić information content (AvgIpc) is 2.41. The summed E-state index contributed by atoms with van der Waals surface area (Å²) in [5.74, 6) is 0. The Labute approximate surface area is 111 Å². The number of hydrazine groups is 1. The summed E-state index contributed by atoms with van der Waals surface area (Å²) in [5.41, 5.74) is 3.97. The number of nitrogens with zero attached hydrogens (tertiary/aromatic N) is 4. The molecule has 7 heteroatoms. The second-order valence-corrected chi connectivity index (χ2v) is 4.50. The first-order valence-electron chi connectivity index (χ1n) is 5.99. The van der Waals surface area contributed by atoms with Crippen LogP contribution in [0.2, 0.25) is 0 Å². The van der Waals surface area contributed by atoms with Gasteiger partial charge in [-0.1, -0.05) is 0 Å². The summed E-state index contributed by atoms with van der Waals surface area (Å²) in [6, 6.07) is 6.26. The van der Waals surface area contributed by atoms with Crippen molar-refractivity contribution >= 4 is 11.4 Å². The van der Waals surface area contributed by atoms with Crippen molar-refractivity contribution in [1.29, 1.82) is 5.26 Å². The molecule has 100 valence electrons. The van der Waals surface area contributed by atoms with Crippen LogP contribution in [-0.2, 0) is 0 Å². The van der Waals surface area contributed by atoms with Crippen LogP contribution in [0.15, 0.2) is 18.2 Å². The van der Waals surface area contributed by atoms with Crippen molar-refractivity contribution in [3.05, 3.63) is 33.9 Å². The quantitative estimate of drug-likeness (QED) is 0.646. The van der Waals surface area contributed by atoms with Crippen molar-refractivity contribution in [2.45, 2.75) is 0 Å². The Morgan fingerprint density at radius 1 is 1.37 bits per heavy atom. The number of nitro groups is 1. The van der Waals surface area contributed by atoms with Gasteiger partial charge >= 0.3 is 0 Å². The first-order chi connectivity index (χ1) is 9.10. The molecule has 0 aromatic heterocycles. The molecule has 1 aromatic carbocycles. The monoisotopic (exact) mass is 261 g/mol. The van der Waals surface area contributed by atoms with Gasteiger partial charge in [0.1, 0.15) is 6.07 Å². The molecule has 1 fully saturated rings. The third-order valence-electron chi connectivity index (χ3n) is 3.12. The molecule has 1 heterocycles. The number of hydrogen-bond donors (Lipinski definition) is 1. The number of piperazine rings is 1. The molecule has 0 spiro atoms. The normalized spacial score (nSPS) is 16.8. The van der Waals surface area contributed by atoms with Gasteiger partial charge in [-0.15, -0.1) is 0 Å². The summed E-state index contributed by atoms with van der Waals surface area (Å²) >= 11 is 0. The number of likely N-dealkylation sites (N-methyl/N-ethyl adjacent to an activating group) is 1. The Morgan fingerprint density at radius 3 is 2.63 bits per heavy atom. The summed E-state index contributed by atoms with van der Waals surface area (Å²) in [6.07, 6.45) is 0. The standard InChI is InChI=1S/C12H15N5O2/c1-15-4-6-16(7-5-15)14-12-3-2-11(17(18)19)8-10(12)9-13/h2-3,8,14H,4-7H2,1H3. The molecule has 0 unspecified atom stereocenters. The lowest BCUT2D eigenvalue weighted by Gasteiger charge is -2.33. The maximum atomic E-state index is 10.7. The number of benzene rings is 1. The summed E-state index contributed by atoms with van der Waals surface area (Å²) in [4.78, 5) is 12.4. The lowest BCUT2D eigenvalue weighted by atomic mass is 10.2. The summed E-state index contributed by atoms with van der Waals surface area (Å²) in [6.45, 7) is 3.58. The highest BCUT2D eigenvalue weighted by Crippen LogP contribution is 2.22. The lowest BCUT2D eigenvalue weighted by molar-refractivity contribution is -0.384. The maximum Gasteiger partial charge on any atom is 0.270 e. The zero-order chi connectivity index (χ0) is 13.8. The van der Waals surface area contributed by atoms with E-state index < -0.39 is 4.92 Å². The summed E-state index contributed by atoms with van der Waals surface area (Å²) in [5, 5.41) is 21.7. The van der Waals surface area contributed by atoms with E-state index in [1.165, 1.54) is 12.1 Å². The van der Waals surface area contributed by atoms with Gasteiger partial charge in [-0.2, -0.15) is 5.26 Å². The molecule has 0 bridgehead atoms. The van der Waals surface area contributed by atoms with Crippen LogP contribution in [0.4, 0.5) is 11.4 Å². The molecule has 2 rings (SSSR count). The van der Waals surface area contributed by atoms with Crippen LogP contribution in [-0.4, -0.2) is 48.1 Å². The van der Waals surface area contributed by atoms with Gasteiger partial charge in [0.15, 0.2) is 0 Å². The number of hydrogen-bond acceptors (Lipinski definition) is 6. The Hall–Kier alpha value is -2.17. The third-order valence-corrected chi connectivity index (χ3v) is 3.12. The van der Waals surface area contributed by atoms with Crippen LogP contribution in [0.3, 0.4) is 0 Å². The third kappa shape index (κ3) is 3.19. The molecule has 1 saturated heterocycles. The Kier molecular flexibility index (Phi) is 3.94. The van der Waals surface area contributed by atoms with Crippen molar-refractivity contribution in [3.8, 4) is 6.07 Å². The van der Waals surface area contributed by atoms with E-state index in [-0.39, 0.29) is 11.3 Å². The Morgan fingerprint density at radius 2 is 2.05 bits per heavy atom. The van der Waals surface area contributed by atoms with Crippen LogP contribution in [0, 0.1) is 21.4 Å². The molecule has 0 radical (unpaired) electrons. The second-order valence-electron chi connectivity index (χ2n) is 4.50. The largest absolute Gasteiger partial charge is 0.317 e. The van der Waals surface area contributed by atoms with Gasteiger partial charge in [0.2, 0.25) is 0 Å². The predicted molar refractivity (Wildman–Crippen MR) is 70.5 cm³/mol. The molecule has 19 heavy (non-hydrogen) atoms. The molecule has 0 aliphatic carbocycles. The average molecular weight is 261 g/mol. The van der Waals surface area contributed by atoms with Gasteiger partial charge in [0, 0.05) is 38.3 Å². The second kappa shape index (κ2) is 5.65. The molecule has 7 nitrogen and oxygen atoms in total. The highest BCUT2D eigenvalue weighted by Gasteiger charge is 2.16. The first-order valence-corrected chi connectivity index (χ1v) is 5.99. The predicted octanol–water partition coefficient (Wildman–Crippen LogP) is 1.04. The number of anilines is 1. The number of nitriles is 1. The zero-order valence-electron chi connectivity index (χ0n) is 10.7. The fourth-order valence-electron chi connectivity index (χ4n) is 1.92. The van der Waals surface area contributed by atoms with E-state index in [1.807, 2.05) is 11.1 Å². The van der Waals surface area contributed by atoms with Crippen molar-refractivity contribution in [2.75, 3.05) is 38.7 Å². The highest BCUT2D eigenvalue weighted by atomic mass is 16.6.